The summed E-state index contributed by atoms with van der Waals surface area (Å²) >= 11 is 1.65. The molecule has 0 radical (unpaired) electrons. The van der Waals surface area contributed by atoms with E-state index in [0.29, 0.717) is 6.54 Å². The molecule has 2 N–H and O–H groups in total. The predicted octanol–water partition coefficient (Wildman–Crippen LogP) is 2.54. The van der Waals surface area contributed by atoms with Crippen LogP contribution in [0.4, 0.5) is 9.18 Å². The van der Waals surface area contributed by atoms with Crippen molar-refractivity contribution in [1.82, 2.24) is 10.6 Å². The molecule has 1 heterocycles. The summed E-state index contributed by atoms with van der Waals surface area (Å²) in [6, 6.07) is 9.64. The third-order valence-corrected chi connectivity index (χ3v) is 5.22. The zero-order valence-corrected chi connectivity index (χ0v) is 13.5. The lowest BCUT2D eigenvalue weighted by atomic mass is 10.3. The summed E-state index contributed by atoms with van der Waals surface area (Å²) in [6.45, 7) is 0.772. The Morgan fingerprint density at radius 1 is 1.14 bits per heavy atom. The molecule has 0 bridgehead atoms. The molecule has 0 spiro atoms. The second kappa shape index (κ2) is 8.65. The minimum absolute atomic E-state index is 0.169. The Kier molecular flexibility index (Phi) is 6.54. The maximum Gasteiger partial charge on any atom is 0.314 e. The van der Waals surface area contributed by atoms with E-state index in [0.717, 1.165) is 6.42 Å². The van der Waals surface area contributed by atoms with E-state index in [9.17, 15) is 13.4 Å². The van der Waals surface area contributed by atoms with Gasteiger partial charge in [-0.15, -0.1) is 11.3 Å². The minimum atomic E-state index is -1.46. The summed E-state index contributed by atoms with van der Waals surface area (Å²) in [7, 11) is -1.46. The molecule has 0 saturated carbocycles. The van der Waals surface area contributed by atoms with Crippen LogP contribution in [0.5, 0.6) is 0 Å². The highest BCUT2D eigenvalue weighted by molar-refractivity contribution is 7.85. The Bertz CT molecular complexity index is 632. The van der Waals surface area contributed by atoms with Crippen molar-refractivity contribution in [2.75, 3.05) is 18.8 Å². The molecule has 7 heteroatoms. The average Bonchev–Trinajstić information content (AvgIpc) is 3.01. The van der Waals surface area contributed by atoms with Gasteiger partial charge < -0.3 is 10.6 Å². The van der Waals surface area contributed by atoms with Gasteiger partial charge in [0, 0.05) is 23.7 Å². The van der Waals surface area contributed by atoms with Crippen LogP contribution in [0, 0.1) is 5.82 Å². The standard InChI is InChI=1S/C15H17FN2O2S2/c16-13-5-1-2-6-14(13)22(20)11-9-18-15(19)17-8-7-12-4-3-10-21-12/h1-6,10H,7-9,11H2,(H2,17,18,19)/t22-/m0/s1. The van der Waals surface area contributed by atoms with Gasteiger partial charge in [-0.2, -0.15) is 0 Å². The van der Waals surface area contributed by atoms with Crippen LogP contribution in [0.1, 0.15) is 4.88 Å². The van der Waals surface area contributed by atoms with Gasteiger partial charge in [0.25, 0.3) is 0 Å². The van der Waals surface area contributed by atoms with Crippen molar-refractivity contribution in [2.45, 2.75) is 11.3 Å². The van der Waals surface area contributed by atoms with Crippen molar-refractivity contribution >= 4 is 28.2 Å². The molecule has 0 aliphatic carbocycles. The van der Waals surface area contributed by atoms with Gasteiger partial charge in [0.05, 0.1) is 15.7 Å². The number of thiophene rings is 1. The van der Waals surface area contributed by atoms with E-state index in [1.165, 1.54) is 17.0 Å². The Morgan fingerprint density at radius 2 is 1.91 bits per heavy atom. The van der Waals surface area contributed by atoms with Gasteiger partial charge in [0.2, 0.25) is 0 Å². The molecule has 0 aliphatic heterocycles. The Hall–Kier alpha value is -1.73. The summed E-state index contributed by atoms with van der Waals surface area (Å²) < 4.78 is 25.4. The second-order valence-corrected chi connectivity index (χ2v) is 7.06. The van der Waals surface area contributed by atoms with Crippen LogP contribution in [0.3, 0.4) is 0 Å². The van der Waals surface area contributed by atoms with Crippen LogP contribution in [0.2, 0.25) is 0 Å². The van der Waals surface area contributed by atoms with Crippen molar-refractivity contribution in [3.63, 3.8) is 0 Å². The summed E-state index contributed by atoms with van der Waals surface area (Å²) in [4.78, 5) is 12.9. The zero-order chi connectivity index (χ0) is 15.8. The van der Waals surface area contributed by atoms with Gasteiger partial charge in [-0.05, 0) is 30.0 Å². The lowest BCUT2D eigenvalue weighted by molar-refractivity contribution is 0.241. The molecule has 2 amide bonds. The van der Waals surface area contributed by atoms with E-state index in [1.807, 2.05) is 17.5 Å². The number of nitrogens with one attached hydrogen (secondary N) is 2. The third-order valence-electron chi connectivity index (χ3n) is 2.89. The maximum absolute atomic E-state index is 13.4. The number of rotatable bonds is 7. The van der Waals surface area contributed by atoms with Crippen molar-refractivity contribution in [3.8, 4) is 0 Å². The predicted molar refractivity (Wildman–Crippen MR) is 87.1 cm³/mol. The summed E-state index contributed by atoms with van der Waals surface area (Å²) in [6.07, 6.45) is 0.784. The smallest absolute Gasteiger partial charge is 0.314 e. The molecule has 0 saturated heterocycles. The number of urea groups is 1. The van der Waals surface area contributed by atoms with Crippen molar-refractivity contribution in [2.24, 2.45) is 0 Å². The zero-order valence-electron chi connectivity index (χ0n) is 11.9. The monoisotopic (exact) mass is 340 g/mol. The highest BCUT2D eigenvalue weighted by atomic mass is 32.2. The molecule has 0 unspecified atom stereocenters. The number of carbonyl (C=O) groups excluding carboxylic acids is 1. The van der Waals surface area contributed by atoms with E-state index in [1.54, 1.807) is 23.5 Å². The summed E-state index contributed by atoms with van der Waals surface area (Å²) in [5.41, 5.74) is 0. The molecule has 2 aromatic rings. The fourth-order valence-corrected chi connectivity index (χ4v) is 3.55. The molecular weight excluding hydrogens is 323 g/mol. The second-order valence-electron chi connectivity index (χ2n) is 4.49. The van der Waals surface area contributed by atoms with Gasteiger partial charge in [0.1, 0.15) is 5.82 Å². The van der Waals surface area contributed by atoms with Crippen LogP contribution >= 0.6 is 11.3 Å². The molecule has 2 rings (SSSR count). The molecule has 1 atom stereocenters. The average molecular weight is 340 g/mol. The van der Waals surface area contributed by atoms with E-state index >= 15 is 0 Å². The molecule has 4 nitrogen and oxygen atoms in total. The summed E-state index contributed by atoms with van der Waals surface area (Å²) in [5, 5.41) is 7.34. The first-order chi connectivity index (χ1) is 10.7. The fraction of sp³-hybridized carbons (Fsp3) is 0.267. The Balaban J connectivity index is 1.64. The molecule has 1 aromatic heterocycles. The van der Waals surface area contributed by atoms with Crippen molar-refractivity contribution in [3.05, 3.63) is 52.5 Å². The van der Waals surface area contributed by atoms with Crippen LogP contribution < -0.4 is 10.6 Å². The first-order valence-electron chi connectivity index (χ1n) is 6.84. The van der Waals surface area contributed by atoms with Gasteiger partial charge >= 0.3 is 6.03 Å². The number of halogens is 1. The maximum atomic E-state index is 13.4. The topological polar surface area (TPSA) is 58.2 Å². The molecule has 1 aromatic carbocycles. The molecule has 0 fully saturated rings. The van der Waals surface area contributed by atoms with E-state index in [4.69, 9.17) is 0 Å². The number of benzene rings is 1. The van der Waals surface area contributed by atoms with E-state index < -0.39 is 16.6 Å². The molecule has 0 aliphatic rings. The number of hydrogen-bond acceptors (Lipinski definition) is 3. The lowest BCUT2D eigenvalue weighted by Crippen LogP contribution is -2.38. The first kappa shape index (κ1) is 16.6. The minimum Gasteiger partial charge on any atom is -0.338 e. The highest BCUT2D eigenvalue weighted by Gasteiger charge is 2.09. The number of carbonyl (C=O) groups is 1. The largest absolute Gasteiger partial charge is 0.338 e. The number of hydrogen-bond donors (Lipinski definition) is 2. The van der Waals surface area contributed by atoms with Gasteiger partial charge in [-0.25, -0.2) is 9.18 Å². The van der Waals surface area contributed by atoms with E-state index in [-0.39, 0.29) is 23.2 Å². The molecular formula is C15H17FN2O2S2. The van der Waals surface area contributed by atoms with E-state index in [2.05, 4.69) is 10.6 Å². The highest BCUT2D eigenvalue weighted by Crippen LogP contribution is 2.11. The normalized spacial score (nSPS) is 11.9. The lowest BCUT2D eigenvalue weighted by Gasteiger charge is -2.07. The van der Waals surface area contributed by atoms with Gasteiger partial charge in [-0.1, -0.05) is 18.2 Å². The number of amides is 2. The SMILES string of the molecule is O=C(NCCc1cccs1)NCC[S@](=O)c1ccccc1F. The van der Waals surface area contributed by atoms with Gasteiger partial charge in [-0.3, -0.25) is 4.21 Å². The van der Waals surface area contributed by atoms with Crippen LogP contribution in [0.15, 0.2) is 46.7 Å². The van der Waals surface area contributed by atoms with Crippen LogP contribution in [-0.2, 0) is 17.2 Å². The fourth-order valence-electron chi connectivity index (χ4n) is 1.81. The Labute approximate surface area is 135 Å². The van der Waals surface area contributed by atoms with Crippen LogP contribution in [0.25, 0.3) is 0 Å². The third kappa shape index (κ3) is 5.23. The quantitative estimate of drug-likeness (QED) is 0.814. The molecule has 22 heavy (non-hydrogen) atoms. The van der Waals surface area contributed by atoms with Crippen LogP contribution in [-0.4, -0.2) is 29.1 Å². The molecule has 118 valence electrons. The first-order valence-corrected chi connectivity index (χ1v) is 9.03. The van der Waals surface area contributed by atoms with Crippen molar-refractivity contribution < 1.29 is 13.4 Å². The van der Waals surface area contributed by atoms with Crippen molar-refractivity contribution in [1.29, 1.82) is 0 Å². The van der Waals surface area contributed by atoms with Gasteiger partial charge in [0.15, 0.2) is 0 Å². The Morgan fingerprint density at radius 3 is 2.64 bits per heavy atom. The summed E-state index contributed by atoms with van der Waals surface area (Å²) in [5.74, 6) is -0.305.